The standard InChI is InChI=1S/C9H7Cl2N3/c10-6-4-7(14-12)8(11)5-2-1-3-13-9(5)6/h1-4,14H,12H2. The van der Waals surface area contributed by atoms with E-state index in [-0.39, 0.29) is 0 Å². The van der Waals surface area contributed by atoms with E-state index < -0.39 is 0 Å². The number of nitrogens with two attached hydrogens (primary N) is 1. The molecule has 1 aromatic carbocycles. The van der Waals surface area contributed by atoms with Gasteiger partial charge < -0.3 is 5.43 Å². The minimum Gasteiger partial charge on any atom is -0.323 e. The Morgan fingerprint density at radius 1 is 1.36 bits per heavy atom. The summed E-state index contributed by atoms with van der Waals surface area (Å²) in [6.07, 6.45) is 1.67. The van der Waals surface area contributed by atoms with Crippen molar-refractivity contribution in [3.63, 3.8) is 0 Å². The number of hydrogen-bond donors (Lipinski definition) is 2. The molecular weight excluding hydrogens is 221 g/mol. The SMILES string of the molecule is NNc1cc(Cl)c2ncccc2c1Cl. The highest BCUT2D eigenvalue weighted by atomic mass is 35.5. The van der Waals surface area contributed by atoms with E-state index >= 15 is 0 Å². The Bertz CT molecular complexity index is 485. The molecule has 2 aromatic rings. The van der Waals surface area contributed by atoms with Crippen molar-refractivity contribution in [2.75, 3.05) is 5.43 Å². The van der Waals surface area contributed by atoms with Crippen LogP contribution in [0.1, 0.15) is 0 Å². The van der Waals surface area contributed by atoms with Gasteiger partial charge >= 0.3 is 0 Å². The smallest absolute Gasteiger partial charge is 0.0904 e. The Balaban J connectivity index is 2.87. The van der Waals surface area contributed by atoms with Gasteiger partial charge in [0, 0.05) is 11.6 Å². The summed E-state index contributed by atoms with van der Waals surface area (Å²) in [5.41, 5.74) is 3.76. The van der Waals surface area contributed by atoms with Gasteiger partial charge in [-0.1, -0.05) is 23.2 Å². The van der Waals surface area contributed by atoms with Crippen molar-refractivity contribution in [3.05, 3.63) is 34.4 Å². The van der Waals surface area contributed by atoms with E-state index in [9.17, 15) is 0 Å². The van der Waals surface area contributed by atoms with Crippen LogP contribution in [0.5, 0.6) is 0 Å². The molecule has 0 aliphatic heterocycles. The predicted octanol–water partition coefficient (Wildman–Crippen LogP) is 2.83. The van der Waals surface area contributed by atoms with Gasteiger partial charge in [0.05, 0.1) is 21.2 Å². The average molecular weight is 228 g/mol. The molecule has 3 N–H and O–H groups in total. The molecule has 0 spiro atoms. The third-order valence-electron chi connectivity index (χ3n) is 1.93. The lowest BCUT2D eigenvalue weighted by Gasteiger charge is -2.07. The van der Waals surface area contributed by atoms with Crippen molar-refractivity contribution < 1.29 is 0 Å². The van der Waals surface area contributed by atoms with Crippen LogP contribution in [0.25, 0.3) is 10.9 Å². The summed E-state index contributed by atoms with van der Waals surface area (Å²) in [6, 6.07) is 5.29. The van der Waals surface area contributed by atoms with E-state index in [0.29, 0.717) is 21.2 Å². The third kappa shape index (κ3) is 1.39. The number of nitrogens with zero attached hydrogens (tertiary/aromatic N) is 1. The first kappa shape index (κ1) is 9.52. The molecule has 72 valence electrons. The Morgan fingerprint density at radius 2 is 2.14 bits per heavy atom. The molecule has 2 rings (SSSR count). The van der Waals surface area contributed by atoms with Crippen LogP contribution in [0, 0.1) is 0 Å². The zero-order valence-electron chi connectivity index (χ0n) is 7.09. The van der Waals surface area contributed by atoms with Crippen LogP contribution in [0.4, 0.5) is 5.69 Å². The fourth-order valence-electron chi connectivity index (χ4n) is 1.28. The lowest BCUT2D eigenvalue weighted by molar-refractivity contribution is 1.35. The van der Waals surface area contributed by atoms with E-state index in [1.54, 1.807) is 18.3 Å². The monoisotopic (exact) mass is 227 g/mol. The maximum absolute atomic E-state index is 6.07. The molecule has 0 aliphatic carbocycles. The number of aromatic nitrogens is 1. The number of nitrogens with one attached hydrogen (secondary N) is 1. The highest BCUT2D eigenvalue weighted by molar-refractivity contribution is 6.42. The van der Waals surface area contributed by atoms with Crippen LogP contribution in [0.15, 0.2) is 24.4 Å². The van der Waals surface area contributed by atoms with Gasteiger partial charge in [0.25, 0.3) is 0 Å². The predicted molar refractivity (Wildman–Crippen MR) is 59.6 cm³/mol. The number of hydrazine groups is 1. The van der Waals surface area contributed by atoms with Crippen molar-refractivity contribution in [1.82, 2.24) is 4.98 Å². The zero-order valence-corrected chi connectivity index (χ0v) is 8.60. The average Bonchev–Trinajstić information content (AvgIpc) is 2.23. The molecule has 1 heterocycles. The second kappa shape index (κ2) is 3.61. The summed E-state index contributed by atoms with van der Waals surface area (Å²) < 4.78 is 0. The number of nitrogen functional groups attached to an aromatic ring is 1. The van der Waals surface area contributed by atoms with E-state index in [2.05, 4.69) is 10.4 Å². The molecule has 0 unspecified atom stereocenters. The molecule has 0 aliphatic rings. The second-order valence-corrected chi connectivity index (χ2v) is 3.55. The Hall–Kier alpha value is -1.03. The summed E-state index contributed by atoms with van der Waals surface area (Å²) in [7, 11) is 0. The molecule has 0 bridgehead atoms. The van der Waals surface area contributed by atoms with Gasteiger partial charge in [0.1, 0.15) is 0 Å². The number of rotatable bonds is 1. The lowest BCUT2D eigenvalue weighted by Crippen LogP contribution is -2.07. The number of pyridine rings is 1. The summed E-state index contributed by atoms with van der Waals surface area (Å²) in [6.45, 7) is 0. The zero-order chi connectivity index (χ0) is 10.1. The summed E-state index contributed by atoms with van der Waals surface area (Å²) in [5, 5.41) is 1.84. The van der Waals surface area contributed by atoms with Gasteiger partial charge in [-0.15, -0.1) is 0 Å². The quantitative estimate of drug-likeness (QED) is 0.582. The molecule has 0 saturated heterocycles. The van der Waals surface area contributed by atoms with Crippen LogP contribution in [-0.2, 0) is 0 Å². The fraction of sp³-hybridized carbons (Fsp3) is 0. The third-order valence-corrected chi connectivity index (χ3v) is 2.63. The van der Waals surface area contributed by atoms with E-state index in [1.807, 2.05) is 6.07 Å². The first-order valence-corrected chi connectivity index (χ1v) is 4.69. The number of halogens is 2. The van der Waals surface area contributed by atoms with E-state index in [1.165, 1.54) is 0 Å². The highest BCUT2D eigenvalue weighted by Crippen LogP contribution is 2.34. The van der Waals surface area contributed by atoms with Crippen molar-refractivity contribution in [2.45, 2.75) is 0 Å². The minimum absolute atomic E-state index is 0.526. The number of benzene rings is 1. The molecule has 3 nitrogen and oxygen atoms in total. The van der Waals surface area contributed by atoms with Crippen LogP contribution >= 0.6 is 23.2 Å². The molecule has 14 heavy (non-hydrogen) atoms. The van der Waals surface area contributed by atoms with E-state index in [0.717, 1.165) is 5.39 Å². The summed E-state index contributed by atoms with van der Waals surface area (Å²) >= 11 is 12.1. The van der Waals surface area contributed by atoms with Gasteiger partial charge in [0.15, 0.2) is 0 Å². The molecule has 1 aromatic heterocycles. The Kier molecular flexibility index (Phi) is 2.46. The van der Waals surface area contributed by atoms with Crippen molar-refractivity contribution in [3.8, 4) is 0 Å². The number of anilines is 1. The first-order valence-electron chi connectivity index (χ1n) is 3.93. The molecule has 0 fully saturated rings. The van der Waals surface area contributed by atoms with Crippen LogP contribution in [0.3, 0.4) is 0 Å². The maximum atomic E-state index is 6.07. The molecular formula is C9H7Cl2N3. The molecule has 5 heteroatoms. The molecule has 0 radical (unpaired) electrons. The first-order chi connectivity index (χ1) is 6.74. The lowest BCUT2D eigenvalue weighted by atomic mass is 10.2. The van der Waals surface area contributed by atoms with Crippen molar-refractivity contribution >= 4 is 39.8 Å². The fourth-order valence-corrected chi connectivity index (χ4v) is 1.80. The number of fused-ring (bicyclic) bond motifs is 1. The Labute approximate surface area is 90.8 Å². The van der Waals surface area contributed by atoms with Crippen molar-refractivity contribution in [2.24, 2.45) is 5.84 Å². The minimum atomic E-state index is 0.526. The van der Waals surface area contributed by atoms with E-state index in [4.69, 9.17) is 29.0 Å². The van der Waals surface area contributed by atoms with Gasteiger partial charge in [-0.25, -0.2) is 0 Å². The van der Waals surface area contributed by atoms with Crippen LogP contribution in [0.2, 0.25) is 10.0 Å². The van der Waals surface area contributed by atoms with Gasteiger partial charge in [0.2, 0.25) is 0 Å². The second-order valence-electron chi connectivity index (χ2n) is 2.76. The molecule has 0 saturated carbocycles. The summed E-state index contributed by atoms with van der Waals surface area (Å²) in [4.78, 5) is 4.13. The van der Waals surface area contributed by atoms with Crippen molar-refractivity contribution in [1.29, 1.82) is 0 Å². The normalized spacial score (nSPS) is 10.5. The number of hydrogen-bond acceptors (Lipinski definition) is 3. The van der Waals surface area contributed by atoms with Crippen LogP contribution in [-0.4, -0.2) is 4.98 Å². The van der Waals surface area contributed by atoms with Gasteiger partial charge in [-0.05, 0) is 18.2 Å². The van der Waals surface area contributed by atoms with Crippen LogP contribution < -0.4 is 11.3 Å². The summed E-state index contributed by atoms with van der Waals surface area (Å²) in [5.74, 6) is 5.30. The molecule has 0 amide bonds. The molecule has 0 atom stereocenters. The maximum Gasteiger partial charge on any atom is 0.0904 e. The van der Waals surface area contributed by atoms with Gasteiger partial charge in [-0.2, -0.15) is 0 Å². The Morgan fingerprint density at radius 3 is 2.86 bits per heavy atom. The largest absolute Gasteiger partial charge is 0.323 e. The van der Waals surface area contributed by atoms with Gasteiger partial charge in [-0.3, -0.25) is 10.8 Å². The highest BCUT2D eigenvalue weighted by Gasteiger charge is 2.08. The topological polar surface area (TPSA) is 50.9 Å².